The second-order valence-electron chi connectivity index (χ2n) is 7.52. The van der Waals surface area contributed by atoms with Gasteiger partial charge in [-0.25, -0.2) is 4.79 Å². The number of carbonyl (C=O) groups is 2. The highest BCUT2D eigenvalue weighted by Crippen LogP contribution is 2.37. The number of ether oxygens (including phenoxy) is 1. The lowest BCUT2D eigenvalue weighted by Gasteiger charge is -2.22. The summed E-state index contributed by atoms with van der Waals surface area (Å²) in [7, 11) is 1.34. The van der Waals surface area contributed by atoms with E-state index in [9.17, 15) is 19.8 Å². The Morgan fingerprint density at radius 2 is 2.04 bits per heavy atom. The van der Waals surface area contributed by atoms with Gasteiger partial charge in [-0.05, 0) is 50.2 Å². The molecule has 0 spiro atoms. The van der Waals surface area contributed by atoms with Gasteiger partial charge in [0, 0.05) is 31.3 Å². The molecule has 2 unspecified atom stereocenters. The zero-order valence-corrected chi connectivity index (χ0v) is 16.6. The smallest absolute Gasteiger partial charge is 0.330 e. The molecule has 0 saturated heterocycles. The van der Waals surface area contributed by atoms with Crippen LogP contribution in [0.15, 0.2) is 35.0 Å². The molecule has 0 bridgehead atoms. The van der Waals surface area contributed by atoms with Crippen LogP contribution in [0.5, 0.6) is 0 Å². The molecule has 1 saturated carbocycles. The van der Waals surface area contributed by atoms with E-state index in [4.69, 9.17) is 4.42 Å². The molecule has 28 heavy (non-hydrogen) atoms. The number of carbonyl (C=O) groups excluding carboxylic acids is 2. The van der Waals surface area contributed by atoms with Crippen LogP contribution in [0, 0.1) is 11.8 Å². The van der Waals surface area contributed by atoms with Crippen LogP contribution < -0.4 is 0 Å². The maximum Gasteiger partial charge on any atom is 0.330 e. The van der Waals surface area contributed by atoms with Crippen molar-refractivity contribution < 1.29 is 29.0 Å². The normalized spacial score (nSPS) is 24.7. The van der Waals surface area contributed by atoms with Crippen LogP contribution in [-0.4, -0.2) is 41.3 Å². The Morgan fingerprint density at radius 1 is 1.21 bits per heavy atom. The van der Waals surface area contributed by atoms with Crippen molar-refractivity contribution in [2.45, 2.75) is 70.0 Å². The van der Waals surface area contributed by atoms with Crippen molar-refractivity contribution in [2.24, 2.45) is 11.8 Å². The van der Waals surface area contributed by atoms with Crippen molar-refractivity contribution in [3.8, 4) is 0 Å². The van der Waals surface area contributed by atoms with Gasteiger partial charge in [0.1, 0.15) is 11.5 Å². The predicted molar refractivity (Wildman–Crippen MR) is 105 cm³/mol. The molecule has 1 aromatic heterocycles. The average molecular weight is 392 g/mol. The van der Waals surface area contributed by atoms with E-state index < -0.39 is 18.1 Å². The number of hydrogen-bond donors (Lipinski definition) is 2. The maximum atomic E-state index is 12.7. The molecule has 0 radical (unpaired) electrons. The van der Waals surface area contributed by atoms with Crippen LogP contribution in [0.4, 0.5) is 0 Å². The van der Waals surface area contributed by atoms with Gasteiger partial charge in [0.25, 0.3) is 0 Å². The summed E-state index contributed by atoms with van der Waals surface area (Å²) in [6.07, 6.45) is 9.70. The van der Waals surface area contributed by atoms with Gasteiger partial charge in [-0.15, -0.1) is 0 Å². The third-order valence-electron chi connectivity index (χ3n) is 5.51. The molecule has 1 fully saturated rings. The Balaban J connectivity index is 1.72. The fourth-order valence-electron chi connectivity index (χ4n) is 4.03. The van der Waals surface area contributed by atoms with E-state index in [-0.39, 0.29) is 24.1 Å². The molecule has 0 amide bonds. The van der Waals surface area contributed by atoms with Crippen LogP contribution in [-0.2, 0) is 20.7 Å². The fourth-order valence-corrected chi connectivity index (χ4v) is 4.03. The molecule has 0 aromatic carbocycles. The Morgan fingerprint density at radius 3 is 2.75 bits per heavy atom. The van der Waals surface area contributed by atoms with Gasteiger partial charge in [-0.3, -0.25) is 4.79 Å². The lowest BCUT2D eigenvalue weighted by Crippen LogP contribution is -2.30. The predicted octanol–water partition coefficient (Wildman–Crippen LogP) is 3.21. The molecule has 156 valence electrons. The third-order valence-corrected chi connectivity index (χ3v) is 5.51. The Hall–Kier alpha value is -1.92. The van der Waals surface area contributed by atoms with Crippen molar-refractivity contribution in [1.29, 1.82) is 0 Å². The second kappa shape index (κ2) is 11.8. The highest BCUT2D eigenvalue weighted by atomic mass is 16.5. The number of aliphatic hydroxyl groups is 2. The van der Waals surface area contributed by atoms with E-state index in [1.807, 2.05) is 12.1 Å². The Kier molecular flexibility index (Phi) is 9.44. The summed E-state index contributed by atoms with van der Waals surface area (Å²) in [6, 6.07) is 3.78. The lowest BCUT2D eigenvalue weighted by atomic mass is 9.84. The van der Waals surface area contributed by atoms with Gasteiger partial charge in [0.05, 0.1) is 25.6 Å². The summed E-state index contributed by atoms with van der Waals surface area (Å²) in [4.78, 5) is 23.7. The molecular weight excluding hydrogens is 360 g/mol. The standard InChI is InChI=1S/C22H32O6/c1-27-21(26)13-5-3-2-4-11-17-19(24)15-20(25)22(17)18(23)12-7-6-9-16-10-8-14-28-16/h5,8,10,13-14,17,19-20,22,24-25H,2-4,6-7,9,11-12,15H2,1H3/t17?,19-,20+,22?/m1/s1. The first-order valence-corrected chi connectivity index (χ1v) is 10.2. The zero-order valence-electron chi connectivity index (χ0n) is 16.6. The van der Waals surface area contributed by atoms with Crippen LogP contribution >= 0.6 is 0 Å². The molecule has 4 atom stereocenters. The van der Waals surface area contributed by atoms with Gasteiger partial charge in [-0.1, -0.05) is 12.5 Å². The fraction of sp³-hybridized carbons (Fsp3) is 0.636. The van der Waals surface area contributed by atoms with Crippen LogP contribution in [0.2, 0.25) is 0 Å². The first-order chi connectivity index (χ1) is 13.5. The largest absolute Gasteiger partial charge is 0.469 e. The second-order valence-corrected chi connectivity index (χ2v) is 7.52. The van der Waals surface area contributed by atoms with Crippen molar-refractivity contribution in [2.75, 3.05) is 7.11 Å². The average Bonchev–Trinajstić information content (AvgIpc) is 3.28. The monoisotopic (exact) mass is 392 g/mol. The van der Waals surface area contributed by atoms with Gasteiger partial charge < -0.3 is 19.4 Å². The minimum absolute atomic E-state index is 0.0547. The highest BCUT2D eigenvalue weighted by molar-refractivity contribution is 5.82. The molecule has 1 aromatic rings. The van der Waals surface area contributed by atoms with Crippen molar-refractivity contribution in [1.82, 2.24) is 0 Å². The van der Waals surface area contributed by atoms with E-state index in [1.165, 1.54) is 13.2 Å². The van der Waals surface area contributed by atoms with Crippen LogP contribution in [0.3, 0.4) is 0 Å². The van der Waals surface area contributed by atoms with E-state index in [1.54, 1.807) is 12.3 Å². The van der Waals surface area contributed by atoms with Crippen LogP contribution in [0.1, 0.15) is 57.1 Å². The number of Topliss-reactive ketones (excluding diaryl/α,β-unsaturated/α-hetero) is 1. The van der Waals surface area contributed by atoms with E-state index in [0.717, 1.165) is 44.3 Å². The van der Waals surface area contributed by atoms with Gasteiger partial charge >= 0.3 is 5.97 Å². The number of ketones is 1. The van der Waals surface area contributed by atoms with E-state index in [0.29, 0.717) is 12.8 Å². The van der Waals surface area contributed by atoms with Gasteiger partial charge in [0.2, 0.25) is 0 Å². The van der Waals surface area contributed by atoms with E-state index >= 15 is 0 Å². The van der Waals surface area contributed by atoms with Crippen molar-refractivity contribution >= 4 is 11.8 Å². The number of aryl methyl sites for hydroxylation is 1. The molecule has 6 heteroatoms. The van der Waals surface area contributed by atoms with E-state index in [2.05, 4.69) is 4.74 Å². The lowest BCUT2D eigenvalue weighted by molar-refractivity contribution is -0.134. The summed E-state index contributed by atoms with van der Waals surface area (Å²) in [5.74, 6) is -0.0459. The third kappa shape index (κ3) is 6.91. The molecular formula is C22H32O6. The summed E-state index contributed by atoms with van der Waals surface area (Å²) in [5.41, 5.74) is 0. The topological polar surface area (TPSA) is 97.0 Å². The first-order valence-electron chi connectivity index (χ1n) is 10.2. The quantitative estimate of drug-likeness (QED) is 0.322. The summed E-state index contributed by atoms with van der Waals surface area (Å²) < 4.78 is 9.83. The SMILES string of the molecule is COC(=O)C=CCCCCC1C(C(=O)CCCCc2ccco2)[C@@H](O)C[C@H]1O. The first kappa shape index (κ1) is 22.4. The molecule has 1 aliphatic carbocycles. The number of unbranched alkanes of at least 4 members (excludes halogenated alkanes) is 3. The number of hydrogen-bond acceptors (Lipinski definition) is 6. The number of rotatable bonds is 12. The van der Waals surface area contributed by atoms with Crippen LogP contribution in [0.25, 0.3) is 0 Å². The number of furan rings is 1. The molecule has 1 aliphatic rings. The minimum atomic E-state index is -0.753. The summed E-state index contributed by atoms with van der Waals surface area (Å²) >= 11 is 0. The maximum absolute atomic E-state index is 12.7. The van der Waals surface area contributed by atoms with Crippen molar-refractivity contribution in [3.05, 3.63) is 36.3 Å². The van der Waals surface area contributed by atoms with Gasteiger partial charge in [-0.2, -0.15) is 0 Å². The molecule has 2 rings (SSSR count). The molecule has 2 N–H and O–H groups in total. The zero-order chi connectivity index (χ0) is 20.4. The minimum Gasteiger partial charge on any atom is -0.469 e. The summed E-state index contributed by atoms with van der Waals surface area (Å²) in [6.45, 7) is 0. The summed E-state index contributed by atoms with van der Waals surface area (Å²) in [5, 5.41) is 20.6. The van der Waals surface area contributed by atoms with Crippen molar-refractivity contribution in [3.63, 3.8) is 0 Å². The number of aliphatic hydroxyl groups excluding tert-OH is 2. The number of esters is 1. The Bertz CT molecular complexity index is 621. The molecule has 6 nitrogen and oxygen atoms in total. The molecule has 0 aliphatic heterocycles. The van der Waals surface area contributed by atoms with Gasteiger partial charge in [0.15, 0.2) is 0 Å². The highest BCUT2D eigenvalue weighted by Gasteiger charge is 2.44. The number of allylic oxidation sites excluding steroid dienone is 1. The molecule has 1 heterocycles. The number of methoxy groups -OCH3 is 1. The Labute approximate surface area is 166 Å².